The molecular weight excluding hydrogens is 270 g/mol. The number of carbonyl (C=O) groups is 1. The average Bonchev–Trinajstić information content (AvgIpc) is 2.44. The Labute approximate surface area is 127 Å². The van der Waals surface area contributed by atoms with Crippen molar-refractivity contribution >= 4 is 6.03 Å². The lowest BCUT2D eigenvalue weighted by molar-refractivity contribution is -0.0615. The van der Waals surface area contributed by atoms with Crippen molar-refractivity contribution in [3.63, 3.8) is 0 Å². The first-order chi connectivity index (χ1) is 9.96. The van der Waals surface area contributed by atoms with Gasteiger partial charge in [0.05, 0.1) is 18.8 Å². The third-order valence-corrected chi connectivity index (χ3v) is 4.23. The van der Waals surface area contributed by atoms with E-state index in [9.17, 15) is 4.79 Å². The molecule has 2 aliphatic rings. The standard InChI is InChI=1S/C15H29N3O3/c1-15(2)12-13(4-9-21-15)16-14(19)17(3)5-6-18-7-10-20-11-8-18/h13H,4-12H2,1-3H3,(H,16,19). The lowest BCUT2D eigenvalue weighted by Gasteiger charge is -2.36. The second-order valence-electron chi connectivity index (χ2n) is 6.62. The van der Waals surface area contributed by atoms with Crippen LogP contribution in [0.1, 0.15) is 26.7 Å². The maximum atomic E-state index is 12.2. The minimum Gasteiger partial charge on any atom is -0.379 e. The number of amides is 2. The Morgan fingerprint density at radius 2 is 2.05 bits per heavy atom. The third-order valence-electron chi connectivity index (χ3n) is 4.23. The summed E-state index contributed by atoms with van der Waals surface area (Å²) in [6.45, 7) is 10.1. The molecule has 6 nitrogen and oxygen atoms in total. The van der Waals surface area contributed by atoms with E-state index in [0.717, 1.165) is 58.8 Å². The van der Waals surface area contributed by atoms with Gasteiger partial charge in [0.25, 0.3) is 0 Å². The van der Waals surface area contributed by atoms with Crippen LogP contribution in [0.15, 0.2) is 0 Å². The summed E-state index contributed by atoms with van der Waals surface area (Å²) in [5.74, 6) is 0. The number of carbonyl (C=O) groups excluding carboxylic acids is 1. The van der Waals surface area contributed by atoms with Gasteiger partial charge in [-0.2, -0.15) is 0 Å². The molecule has 0 radical (unpaired) electrons. The van der Waals surface area contributed by atoms with E-state index in [1.165, 1.54) is 0 Å². The molecule has 2 heterocycles. The fourth-order valence-electron chi connectivity index (χ4n) is 2.86. The van der Waals surface area contributed by atoms with E-state index in [-0.39, 0.29) is 17.7 Å². The number of urea groups is 1. The lowest BCUT2D eigenvalue weighted by atomic mass is 9.94. The van der Waals surface area contributed by atoms with E-state index in [2.05, 4.69) is 24.1 Å². The van der Waals surface area contributed by atoms with Crippen LogP contribution in [0.25, 0.3) is 0 Å². The zero-order valence-electron chi connectivity index (χ0n) is 13.6. The fraction of sp³-hybridized carbons (Fsp3) is 0.933. The molecule has 2 fully saturated rings. The highest BCUT2D eigenvalue weighted by Gasteiger charge is 2.30. The molecule has 21 heavy (non-hydrogen) atoms. The summed E-state index contributed by atoms with van der Waals surface area (Å²) >= 11 is 0. The molecule has 1 unspecified atom stereocenters. The van der Waals surface area contributed by atoms with Crippen LogP contribution in [-0.2, 0) is 9.47 Å². The first-order valence-electron chi connectivity index (χ1n) is 7.92. The molecule has 0 bridgehead atoms. The Kier molecular flexibility index (Phi) is 5.84. The average molecular weight is 299 g/mol. The first-order valence-corrected chi connectivity index (χ1v) is 7.92. The molecule has 0 aromatic carbocycles. The van der Waals surface area contributed by atoms with Crippen LogP contribution in [0.3, 0.4) is 0 Å². The summed E-state index contributed by atoms with van der Waals surface area (Å²) in [7, 11) is 1.86. The monoisotopic (exact) mass is 299 g/mol. The molecular formula is C15H29N3O3. The Morgan fingerprint density at radius 3 is 2.71 bits per heavy atom. The maximum Gasteiger partial charge on any atom is 0.317 e. The lowest BCUT2D eigenvalue weighted by Crippen LogP contribution is -2.50. The Morgan fingerprint density at radius 1 is 1.33 bits per heavy atom. The molecule has 0 aromatic rings. The second-order valence-corrected chi connectivity index (χ2v) is 6.62. The van der Waals surface area contributed by atoms with Crippen molar-refractivity contribution in [2.75, 3.05) is 53.0 Å². The van der Waals surface area contributed by atoms with Gasteiger partial charge >= 0.3 is 6.03 Å². The number of nitrogens with one attached hydrogen (secondary N) is 1. The van der Waals surface area contributed by atoms with Gasteiger partial charge in [0.2, 0.25) is 0 Å². The van der Waals surface area contributed by atoms with Gasteiger partial charge in [-0.1, -0.05) is 0 Å². The molecule has 2 saturated heterocycles. The second kappa shape index (κ2) is 7.42. The van der Waals surface area contributed by atoms with E-state index in [0.29, 0.717) is 0 Å². The highest BCUT2D eigenvalue weighted by molar-refractivity contribution is 5.74. The number of rotatable bonds is 4. The van der Waals surface area contributed by atoms with Gasteiger partial charge < -0.3 is 19.7 Å². The summed E-state index contributed by atoms with van der Waals surface area (Å²) in [6, 6.07) is 0.234. The van der Waals surface area contributed by atoms with Gasteiger partial charge in [-0.25, -0.2) is 4.79 Å². The third kappa shape index (κ3) is 5.45. The van der Waals surface area contributed by atoms with Crippen LogP contribution in [-0.4, -0.2) is 80.5 Å². The molecule has 1 N–H and O–H groups in total. The molecule has 2 aliphatic heterocycles. The topological polar surface area (TPSA) is 54.0 Å². The highest BCUT2D eigenvalue weighted by atomic mass is 16.5. The Balaban J connectivity index is 1.69. The molecule has 0 aromatic heterocycles. The molecule has 0 saturated carbocycles. The number of nitrogens with zero attached hydrogens (tertiary/aromatic N) is 2. The van der Waals surface area contributed by atoms with Gasteiger partial charge in [-0.05, 0) is 26.7 Å². The number of likely N-dealkylation sites (N-methyl/N-ethyl adjacent to an activating group) is 1. The van der Waals surface area contributed by atoms with Gasteiger partial charge in [0, 0.05) is 45.9 Å². The number of hydrogen-bond acceptors (Lipinski definition) is 4. The Bertz CT molecular complexity index is 343. The summed E-state index contributed by atoms with van der Waals surface area (Å²) in [5, 5.41) is 3.13. The van der Waals surface area contributed by atoms with Crippen LogP contribution in [0, 0.1) is 0 Å². The summed E-state index contributed by atoms with van der Waals surface area (Å²) in [6.07, 6.45) is 1.77. The van der Waals surface area contributed by atoms with Crippen LogP contribution in [0.2, 0.25) is 0 Å². The molecule has 6 heteroatoms. The molecule has 2 amide bonds. The van der Waals surface area contributed by atoms with Crippen molar-refractivity contribution in [1.29, 1.82) is 0 Å². The van der Waals surface area contributed by atoms with Crippen LogP contribution >= 0.6 is 0 Å². The summed E-state index contributed by atoms with van der Waals surface area (Å²) in [4.78, 5) is 16.3. The predicted molar refractivity (Wildman–Crippen MR) is 81.5 cm³/mol. The van der Waals surface area contributed by atoms with Crippen LogP contribution in [0.5, 0.6) is 0 Å². The van der Waals surface area contributed by atoms with Gasteiger partial charge in [-0.3, -0.25) is 4.90 Å². The smallest absolute Gasteiger partial charge is 0.317 e. The quantitative estimate of drug-likeness (QED) is 0.838. The van der Waals surface area contributed by atoms with Gasteiger partial charge in [0.1, 0.15) is 0 Å². The summed E-state index contributed by atoms with van der Waals surface area (Å²) < 4.78 is 11.0. The van der Waals surface area contributed by atoms with Crippen molar-refractivity contribution < 1.29 is 14.3 Å². The molecule has 122 valence electrons. The molecule has 0 aliphatic carbocycles. The van der Waals surface area contributed by atoms with E-state index in [1.54, 1.807) is 4.90 Å². The first kappa shape index (κ1) is 16.5. The largest absolute Gasteiger partial charge is 0.379 e. The summed E-state index contributed by atoms with van der Waals surface area (Å²) in [5.41, 5.74) is -0.136. The van der Waals surface area contributed by atoms with Crippen LogP contribution in [0.4, 0.5) is 4.79 Å². The molecule has 0 spiro atoms. The van der Waals surface area contributed by atoms with E-state index < -0.39 is 0 Å². The van der Waals surface area contributed by atoms with Gasteiger partial charge in [0.15, 0.2) is 0 Å². The maximum absolute atomic E-state index is 12.2. The zero-order valence-corrected chi connectivity index (χ0v) is 13.6. The van der Waals surface area contributed by atoms with Crippen molar-refractivity contribution in [2.24, 2.45) is 0 Å². The van der Waals surface area contributed by atoms with Crippen molar-refractivity contribution in [2.45, 2.75) is 38.3 Å². The van der Waals surface area contributed by atoms with Crippen molar-refractivity contribution in [3.8, 4) is 0 Å². The van der Waals surface area contributed by atoms with E-state index in [1.807, 2.05) is 7.05 Å². The minimum absolute atomic E-state index is 0.0194. The van der Waals surface area contributed by atoms with E-state index >= 15 is 0 Å². The van der Waals surface area contributed by atoms with Crippen LogP contribution < -0.4 is 5.32 Å². The van der Waals surface area contributed by atoms with Gasteiger partial charge in [-0.15, -0.1) is 0 Å². The zero-order chi connectivity index (χ0) is 15.3. The van der Waals surface area contributed by atoms with Crippen molar-refractivity contribution in [1.82, 2.24) is 15.1 Å². The number of morpholine rings is 1. The molecule has 2 rings (SSSR count). The van der Waals surface area contributed by atoms with Crippen molar-refractivity contribution in [3.05, 3.63) is 0 Å². The van der Waals surface area contributed by atoms with E-state index in [4.69, 9.17) is 9.47 Å². The minimum atomic E-state index is -0.136. The highest BCUT2D eigenvalue weighted by Crippen LogP contribution is 2.23. The normalized spacial score (nSPS) is 26.3. The predicted octanol–water partition coefficient (Wildman–Crippen LogP) is 0.918. The Hall–Kier alpha value is -0.850. The SMILES string of the molecule is CN(CCN1CCOCC1)C(=O)NC1CCOC(C)(C)C1. The number of hydrogen-bond donors (Lipinski definition) is 1. The molecule has 1 atom stereocenters. The number of ether oxygens (including phenoxy) is 2. The fourth-order valence-corrected chi connectivity index (χ4v) is 2.86.